The van der Waals surface area contributed by atoms with Gasteiger partial charge in [-0.2, -0.15) is 0 Å². The molecule has 2 N–H and O–H groups in total. The summed E-state index contributed by atoms with van der Waals surface area (Å²) in [6, 6.07) is 12.6. The highest BCUT2D eigenvalue weighted by molar-refractivity contribution is 7.89. The topological polar surface area (TPSA) is 75.3 Å². The Labute approximate surface area is 143 Å². The van der Waals surface area contributed by atoms with Crippen molar-refractivity contribution in [3.8, 4) is 0 Å². The highest BCUT2D eigenvalue weighted by Crippen LogP contribution is 2.14. The van der Waals surface area contributed by atoms with E-state index < -0.39 is 10.0 Å². The number of carbonyl (C=O) groups excluding carboxylic acids is 1. The largest absolute Gasteiger partial charge is 0.351 e. The van der Waals surface area contributed by atoms with E-state index in [9.17, 15) is 13.2 Å². The Morgan fingerprint density at radius 3 is 2.33 bits per heavy atom. The van der Waals surface area contributed by atoms with Crippen LogP contribution in [0.2, 0.25) is 0 Å². The van der Waals surface area contributed by atoms with Gasteiger partial charge in [0.05, 0.1) is 11.4 Å². The Morgan fingerprint density at radius 1 is 0.958 bits per heavy atom. The Kier molecular flexibility index (Phi) is 5.75. The fourth-order valence-electron chi connectivity index (χ4n) is 2.19. The van der Waals surface area contributed by atoms with Gasteiger partial charge in [-0.05, 0) is 55.2 Å². The second-order valence-electron chi connectivity index (χ2n) is 5.77. The molecule has 128 valence electrons. The molecule has 6 heteroatoms. The van der Waals surface area contributed by atoms with E-state index in [1.165, 1.54) is 6.07 Å². The summed E-state index contributed by atoms with van der Waals surface area (Å²) in [5.41, 5.74) is 3.99. The van der Waals surface area contributed by atoms with Gasteiger partial charge in [-0.1, -0.05) is 30.3 Å². The molecular formula is C18H22N2O3S. The monoisotopic (exact) mass is 346 g/mol. The van der Waals surface area contributed by atoms with Crippen LogP contribution in [0.3, 0.4) is 0 Å². The SMILES string of the molecule is Cc1ccc(S(=O)(=O)NCC(=O)NCc2ccccc2C)cc1C. The Morgan fingerprint density at radius 2 is 1.67 bits per heavy atom. The molecule has 24 heavy (non-hydrogen) atoms. The highest BCUT2D eigenvalue weighted by Gasteiger charge is 2.16. The summed E-state index contributed by atoms with van der Waals surface area (Å²) in [5, 5.41) is 2.72. The molecule has 0 saturated carbocycles. The Bertz CT molecular complexity index is 845. The van der Waals surface area contributed by atoms with E-state index in [2.05, 4.69) is 10.0 Å². The van der Waals surface area contributed by atoms with Gasteiger partial charge in [-0.15, -0.1) is 0 Å². The molecule has 0 saturated heterocycles. The first-order valence-corrected chi connectivity index (χ1v) is 9.16. The van der Waals surface area contributed by atoms with Crippen LogP contribution < -0.4 is 10.0 Å². The maximum atomic E-state index is 12.2. The lowest BCUT2D eigenvalue weighted by molar-refractivity contribution is -0.120. The van der Waals surface area contributed by atoms with E-state index in [4.69, 9.17) is 0 Å². The molecule has 0 bridgehead atoms. The first-order chi connectivity index (χ1) is 11.3. The number of rotatable bonds is 6. The number of carbonyl (C=O) groups is 1. The van der Waals surface area contributed by atoms with Crippen LogP contribution in [0.1, 0.15) is 22.3 Å². The van der Waals surface area contributed by atoms with Crippen LogP contribution in [-0.4, -0.2) is 20.9 Å². The van der Waals surface area contributed by atoms with Crippen molar-refractivity contribution < 1.29 is 13.2 Å². The summed E-state index contributed by atoms with van der Waals surface area (Å²) in [4.78, 5) is 12.1. The van der Waals surface area contributed by atoms with Crippen LogP contribution in [0.25, 0.3) is 0 Å². The minimum Gasteiger partial charge on any atom is -0.351 e. The number of sulfonamides is 1. The molecule has 0 aromatic heterocycles. The molecule has 5 nitrogen and oxygen atoms in total. The van der Waals surface area contributed by atoms with Gasteiger partial charge >= 0.3 is 0 Å². The summed E-state index contributed by atoms with van der Waals surface area (Å²) in [6.45, 7) is 5.81. The van der Waals surface area contributed by atoms with Crippen molar-refractivity contribution >= 4 is 15.9 Å². The molecule has 2 aromatic rings. The summed E-state index contributed by atoms with van der Waals surface area (Å²) < 4.78 is 26.8. The molecule has 0 unspecified atom stereocenters. The van der Waals surface area contributed by atoms with E-state index in [0.29, 0.717) is 6.54 Å². The van der Waals surface area contributed by atoms with Crippen molar-refractivity contribution in [1.29, 1.82) is 0 Å². The van der Waals surface area contributed by atoms with Crippen molar-refractivity contribution in [1.82, 2.24) is 10.0 Å². The quantitative estimate of drug-likeness (QED) is 0.842. The molecule has 0 heterocycles. The molecule has 0 aliphatic rings. The molecule has 0 aliphatic carbocycles. The van der Waals surface area contributed by atoms with E-state index in [-0.39, 0.29) is 17.3 Å². The second kappa shape index (κ2) is 7.59. The van der Waals surface area contributed by atoms with Crippen LogP contribution >= 0.6 is 0 Å². The van der Waals surface area contributed by atoms with Gasteiger partial charge in [0.2, 0.25) is 15.9 Å². The van der Waals surface area contributed by atoms with Gasteiger partial charge in [0.15, 0.2) is 0 Å². The van der Waals surface area contributed by atoms with Crippen LogP contribution in [-0.2, 0) is 21.4 Å². The molecule has 0 aliphatic heterocycles. The van der Waals surface area contributed by atoms with Crippen molar-refractivity contribution in [2.24, 2.45) is 0 Å². The third kappa shape index (κ3) is 4.66. The third-order valence-electron chi connectivity index (χ3n) is 3.95. The Balaban J connectivity index is 1.93. The summed E-state index contributed by atoms with van der Waals surface area (Å²) in [6.07, 6.45) is 0. The van der Waals surface area contributed by atoms with Crippen molar-refractivity contribution in [2.75, 3.05) is 6.54 Å². The van der Waals surface area contributed by atoms with Crippen molar-refractivity contribution in [2.45, 2.75) is 32.2 Å². The lowest BCUT2D eigenvalue weighted by atomic mass is 10.1. The highest BCUT2D eigenvalue weighted by atomic mass is 32.2. The average Bonchev–Trinajstić information content (AvgIpc) is 2.54. The van der Waals surface area contributed by atoms with E-state index in [1.807, 2.05) is 45.0 Å². The summed E-state index contributed by atoms with van der Waals surface area (Å²) in [7, 11) is -3.70. The predicted molar refractivity (Wildman–Crippen MR) is 94.1 cm³/mol. The Hall–Kier alpha value is -2.18. The maximum Gasteiger partial charge on any atom is 0.241 e. The van der Waals surface area contributed by atoms with Gasteiger partial charge < -0.3 is 5.32 Å². The van der Waals surface area contributed by atoms with Crippen molar-refractivity contribution in [3.05, 3.63) is 64.7 Å². The maximum absolute atomic E-state index is 12.2. The molecule has 0 spiro atoms. The van der Waals surface area contributed by atoms with Crippen molar-refractivity contribution in [3.63, 3.8) is 0 Å². The second-order valence-corrected chi connectivity index (χ2v) is 7.54. The molecule has 2 aromatic carbocycles. The molecule has 0 radical (unpaired) electrons. The summed E-state index contributed by atoms with van der Waals surface area (Å²) in [5.74, 6) is -0.370. The van der Waals surface area contributed by atoms with Gasteiger partial charge in [0, 0.05) is 6.54 Å². The fraction of sp³-hybridized carbons (Fsp3) is 0.278. The zero-order valence-corrected chi connectivity index (χ0v) is 14.9. The normalized spacial score (nSPS) is 11.3. The smallest absolute Gasteiger partial charge is 0.241 e. The number of benzene rings is 2. The molecule has 0 fully saturated rings. The number of amides is 1. The zero-order valence-electron chi connectivity index (χ0n) is 14.1. The van der Waals surface area contributed by atoms with Crippen LogP contribution in [0.15, 0.2) is 47.4 Å². The number of hydrogen-bond donors (Lipinski definition) is 2. The first-order valence-electron chi connectivity index (χ1n) is 7.68. The predicted octanol–water partition coefficient (Wildman–Crippen LogP) is 2.21. The lowest BCUT2D eigenvalue weighted by Gasteiger charge is -2.10. The molecular weight excluding hydrogens is 324 g/mol. The van der Waals surface area contributed by atoms with Gasteiger partial charge in [0.1, 0.15) is 0 Å². The zero-order chi connectivity index (χ0) is 17.7. The standard InChI is InChI=1S/C18H22N2O3S/c1-13-8-9-17(10-15(13)3)24(22,23)20-12-18(21)19-11-16-7-5-4-6-14(16)2/h4-10,20H,11-12H2,1-3H3,(H,19,21). The third-order valence-corrected chi connectivity index (χ3v) is 5.35. The van der Waals surface area contributed by atoms with E-state index in [0.717, 1.165) is 22.3 Å². The fourth-order valence-corrected chi connectivity index (χ4v) is 3.26. The number of hydrogen-bond acceptors (Lipinski definition) is 3. The van der Waals surface area contributed by atoms with Crippen LogP contribution in [0.5, 0.6) is 0 Å². The van der Waals surface area contributed by atoms with Gasteiger partial charge in [-0.3, -0.25) is 4.79 Å². The molecule has 2 rings (SSSR count). The van der Waals surface area contributed by atoms with Crippen LogP contribution in [0, 0.1) is 20.8 Å². The lowest BCUT2D eigenvalue weighted by Crippen LogP contribution is -2.36. The number of nitrogens with one attached hydrogen (secondary N) is 2. The molecule has 0 atom stereocenters. The average molecular weight is 346 g/mol. The van der Waals surface area contributed by atoms with E-state index >= 15 is 0 Å². The summed E-state index contributed by atoms with van der Waals surface area (Å²) >= 11 is 0. The van der Waals surface area contributed by atoms with Gasteiger partial charge in [0.25, 0.3) is 0 Å². The molecule has 1 amide bonds. The minimum atomic E-state index is -3.70. The van der Waals surface area contributed by atoms with E-state index in [1.54, 1.807) is 12.1 Å². The van der Waals surface area contributed by atoms with Gasteiger partial charge in [-0.25, -0.2) is 13.1 Å². The first kappa shape index (κ1) is 18.2. The number of aryl methyl sites for hydroxylation is 3. The minimum absolute atomic E-state index is 0.164. The van der Waals surface area contributed by atoms with Crippen LogP contribution in [0.4, 0.5) is 0 Å².